The predicted molar refractivity (Wildman–Crippen MR) is 73.4 cm³/mol. The minimum Gasteiger partial charge on any atom is -0.463 e. The predicted octanol–water partition coefficient (Wildman–Crippen LogP) is 3.48. The zero-order valence-corrected chi connectivity index (χ0v) is 11.0. The highest BCUT2D eigenvalue weighted by Crippen LogP contribution is 2.27. The van der Waals surface area contributed by atoms with Crippen LogP contribution in [0.4, 0.5) is 5.69 Å². The van der Waals surface area contributed by atoms with E-state index in [9.17, 15) is 0 Å². The number of benzene rings is 1. The van der Waals surface area contributed by atoms with E-state index in [4.69, 9.17) is 10.2 Å². The Balaban J connectivity index is 2.11. The molecule has 0 atom stereocenters. The molecule has 0 amide bonds. The Morgan fingerprint density at radius 1 is 1.17 bits per heavy atom. The summed E-state index contributed by atoms with van der Waals surface area (Å²) in [6.07, 6.45) is 3.38. The van der Waals surface area contributed by atoms with Gasteiger partial charge in [-0.15, -0.1) is 0 Å². The van der Waals surface area contributed by atoms with Gasteiger partial charge in [-0.1, -0.05) is 12.1 Å². The summed E-state index contributed by atoms with van der Waals surface area (Å²) in [6, 6.07) is 11.5. The first-order valence-electron chi connectivity index (χ1n) is 5.39. The fourth-order valence-electron chi connectivity index (χ4n) is 1.75. The number of para-hydroxylation sites is 1. The van der Waals surface area contributed by atoms with E-state index in [1.165, 1.54) is 0 Å². The molecule has 18 heavy (non-hydrogen) atoms. The van der Waals surface area contributed by atoms with Crippen LogP contribution in [0.5, 0.6) is 0 Å². The second-order valence-corrected chi connectivity index (χ2v) is 4.66. The third kappa shape index (κ3) is 1.82. The number of aromatic nitrogens is 2. The second-order valence-electron chi connectivity index (χ2n) is 3.81. The number of anilines is 1. The van der Waals surface area contributed by atoms with Crippen molar-refractivity contribution in [3.63, 3.8) is 0 Å². The molecule has 0 saturated heterocycles. The summed E-state index contributed by atoms with van der Waals surface area (Å²) in [5.41, 5.74) is 8.13. The van der Waals surface area contributed by atoms with Gasteiger partial charge in [0.05, 0.1) is 23.8 Å². The van der Waals surface area contributed by atoms with Gasteiger partial charge in [0, 0.05) is 4.47 Å². The molecule has 0 saturated carbocycles. The number of rotatable bonds is 2. The van der Waals surface area contributed by atoms with Crippen molar-refractivity contribution in [1.29, 1.82) is 0 Å². The van der Waals surface area contributed by atoms with Crippen LogP contribution >= 0.6 is 15.9 Å². The molecule has 5 heteroatoms. The Morgan fingerprint density at radius 3 is 2.72 bits per heavy atom. The van der Waals surface area contributed by atoms with Crippen molar-refractivity contribution in [2.75, 3.05) is 5.73 Å². The van der Waals surface area contributed by atoms with Crippen molar-refractivity contribution in [2.45, 2.75) is 0 Å². The summed E-state index contributed by atoms with van der Waals surface area (Å²) in [7, 11) is 0. The highest BCUT2D eigenvalue weighted by Gasteiger charge is 2.12. The van der Waals surface area contributed by atoms with Gasteiger partial charge in [-0.25, -0.2) is 4.68 Å². The van der Waals surface area contributed by atoms with Crippen LogP contribution in [0, 0.1) is 0 Å². The molecule has 0 aliphatic carbocycles. The highest BCUT2D eigenvalue weighted by atomic mass is 79.9. The van der Waals surface area contributed by atoms with E-state index in [2.05, 4.69) is 21.0 Å². The van der Waals surface area contributed by atoms with Gasteiger partial charge in [0.2, 0.25) is 0 Å². The zero-order valence-electron chi connectivity index (χ0n) is 9.38. The van der Waals surface area contributed by atoms with Crippen molar-refractivity contribution in [3.8, 4) is 17.1 Å². The van der Waals surface area contributed by atoms with Gasteiger partial charge >= 0.3 is 0 Å². The molecular formula is C13H10BrN3O. The van der Waals surface area contributed by atoms with Crippen molar-refractivity contribution < 1.29 is 4.42 Å². The summed E-state index contributed by atoms with van der Waals surface area (Å²) in [5, 5.41) is 4.45. The lowest BCUT2D eigenvalue weighted by Crippen LogP contribution is -1.95. The van der Waals surface area contributed by atoms with Gasteiger partial charge in [-0.3, -0.25) is 0 Å². The van der Waals surface area contributed by atoms with Crippen LogP contribution in [0.3, 0.4) is 0 Å². The summed E-state index contributed by atoms with van der Waals surface area (Å²) >= 11 is 3.49. The number of nitrogens with zero attached hydrogens (tertiary/aromatic N) is 2. The Labute approximate surface area is 112 Å². The first kappa shape index (κ1) is 11.1. The third-order valence-electron chi connectivity index (χ3n) is 2.60. The maximum Gasteiger partial charge on any atom is 0.156 e. The summed E-state index contributed by atoms with van der Waals surface area (Å²) in [4.78, 5) is 0. The lowest BCUT2D eigenvalue weighted by molar-refractivity contribution is 0.579. The van der Waals surface area contributed by atoms with Crippen LogP contribution in [0.15, 0.2) is 57.7 Å². The fourth-order valence-corrected chi connectivity index (χ4v) is 2.22. The Kier molecular flexibility index (Phi) is 2.68. The van der Waals surface area contributed by atoms with Crippen molar-refractivity contribution in [3.05, 3.63) is 53.3 Å². The van der Waals surface area contributed by atoms with Crippen LogP contribution in [-0.4, -0.2) is 9.78 Å². The molecule has 0 bridgehead atoms. The molecule has 0 aliphatic heterocycles. The third-order valence-corrected chi connectivity index (χ3v) is 3.27. The van der Waals surface area contributed by atoms with Crippen LogP contribution in [0.2, 0.25) is 0 Å². The number of halogens is 1. The summed E-state index contributed by atoms with van der Waals surface area (Å²) in [5.74, 6) is 0.665. The van der Waals surface area contributed by atoms with Crippen molar-refractivity contribution in [1.82, 2.24) is 9.78 Å². The Hall–Kier alpha value is -2.01. The molecule has 90 valence electrons. The largest absolute Gasteiger partial charge is 0.463 e. The molecule has 2 heterocycles. The summed E-state index contributed by atoms with van der Waals surface area (Å²) in [6.45, 7) is 0. The normalized spacial score (nSPS) is 10.7. The number of furan rings is 1. The summed E-state index contributed by atoms with van der Waals surface area (Å²) < 4.78 is 8.00. The molecule has 0 aliphatic rings. The molecule has 0 spiro atoms. The van der Waals surface area contributed by atoms with E-state index in [1.807, 2.05) is 36.4 Å². The lowest BCUT2D eigenvalue weighted by Gasteiger charge is -2.02. The molecule has 0 fully saturated rings. The van der Waals surface area contributed by atoms with Crippen LogP contribution in [0.25, 0.3) is 17.1 Å². The first-order chi connectivity index (χ1) is 8.75. The number of nitrogen functional groups attached to an aromatic ring is 1. The molecule has 2 aromatic heterocycles. The Morgan fingerprint density at radius 2 is 2.00 bits per heavy atom. The first-order valence-corrected chi connectivity index (χ1v) is 6.19. The van der Waals surface area contributed by atoms with Gasteiger partial charge in [-0.05, 0) is 40.2 Å². The maximum absolute atomic E-state index is 5.96. The molecule has 1 aromatic carbocycles. The highest BCUT2D eigenvalue weighted by molar-refractivity contribution is 9.10. The maximum atomic E-state index is 5.96. The van der Waals surface area contributed by atoms with Crippen molar-refractivity contribution >= 4 is 21.6 Å². The zero-order chi connectivity index (χ0) is 12.5. The van der Waals surface area contributed by atoms with Gasteiger partial charge < -0.3 is 10.2 Å². The molecule has 3 aromatic rings. The molecule has 0 radical (unpaired) electrons. The number of hydrogen-bond acceptors (Lipinski definition) is 3. The minimum absolute atomic E-state index is 0.584. The van der Waals surface area contributed by atoms with E-state index >= 15 is 0 Å². The lowest BCUT2D eigenvalue weighted by atomic mass is 10.3. The average molecular weight is 304 g/mol. The monoisotopic (exact) mass is 303 g/mol. The van der Waals surface area contributed by atoms with Gasteiger partial charge in [-0.2, -0.15) is 5.10 Å². The topological polar surface area (TPSA) is 57.0 Å². The number of hydrogen-bond donors (Lipinski definition) is 1. The molecule has 4 nitrogen and oxygen atoms in total. The average Bonchev–Trinajstić information content (AvgIpc) is 2.98. The van der Waals surface area contributed by atoms with E-state index in [0.717, 1.165) is 10.2 Å². The van der Waals surface area contributed by atoms with E-state index < -0.39 is 0 Å². The minimum atomic E-state index is 0.584. The van der Waals surface area contributed by atoms with E-state index in [0.29, 0.717) is 17.1 Å². The van der Waals surface area contributed by atoms with Crippen molar-refractivity contribution in [2.24, 2.45) is 0 Å². The van der Waals surface area contributed by atoms with E-state index in [-0.39, 0.29) is 0 Å². The van der Waals surface area contributed by atoms with Crippen LogP contribution in [-0.2, 0) is 0 Å². The molecule has 2 N–H and O–H groups in total. The standard InChI is InChI=1S/C13H10BrN3O/c14-9-4-1-2-5-11(9)17-8-10(15)13(16-17)12-6-3-7-18-12/h1-8H,15H2. The van der Waals surface area contributed by atoms with Crippen LogP contribution in [0.1, 0.15) is 0 Å². The smallest absolute Gasteiger partial charge is 0.156 e. The Bertz CT molecular complexity index is 673. The van der Waals surface area contributed by atoms with Gasteiger partial charge in [0.1, 0.15) is 0 Å². The van der Waals surface area contributed by atoms with E-state index in [1.54, 1.807) is 17.1 Å². The van der Waals surface area contributed by atoms with Gasteiger partial charge in [0.25, 0.3) is 0 Å². The number of nitrogens with two attached hydrogens (primary N) is 1. The molecule has 0 unspecified atom stereocenters. The fraction of sp³-hybridized carbons (Fsp3) is 0. The molecular weight excluding hydrogens is 294 g/mol. The SMILES string of the molecule is Nc1cn(-c2ccccc2Br)nc1-c1ccco1. The second kappa shape index (κ2) is 4.34. The quantitative estimate of drug-likeness (QED) is 0.788. The van der Waals surface area contributed by atoms with Crippen LogP contribution < -0.4 is 5.73 Å². The van der Waals surface area contributed by atoms with Gasteiger partial charge in [0.15, 0.2) is 11.5 Å². The molecule has 3 rings (SSSR count).